The van der Waals surface area contributed by atoms with E-state index in [1.54, 1.807) is 0 Å². The van der Waals surface area contributed by atoms with Crippen LogP contribution in [0.5, 0.6) is 0 Å². The summed E-state index contributed by atoms with van der Waals surface area (Å²) in [5.41, 5.74) is 4.02. The van der Waals surface area contributed by atoms with Crippen molar-refractivity contribution >= 4 is 5.91 Å². The van der Waals surface area contributed by atoms with E-state index in [1.807, 2.05) is 11.8 Å². The predicted octanol–water partition coefficient (Wildman–Crippen LogP) is 2.82. The van der Waals surface area contributed by atoms with E-state index in [0.717, 1.165) is 31.4 Å². The molecule has 2 aromatic rings. The number of rotatable bonds is 3. The Kier molecular flexibility index (Phi) is 4.08. The van der Waals surface area contributed by atoms with Gasteiger partial charge in [0.15, 0.2) is 5.82 Å². The van der Waals surface area contributed by atoms with Crippen molar-refractivity contribution in [2.24, 2.45) is 0 Å². The molecule has 1 saturated heterocycles. The highest BCUT2D eigenvalue weighted by Gasteiger charge is 2.28. The number of hydrogen-bond acceptors (Lipinski definition) is 4. The van der Waals surface area contributed by atoms with Crippen LogP contribution in [0.15, 0.2) is 22.7 Å². The van der Waals surface area contributed by atoms with Gasteiger partial charge in [-0.1, -0.05) is 23.4 Å². The molecule has 1 aromatic carbocycles. The van der Waals surface area contributed by atoms with Crippen molar-refractivity contribution in [1.29, 1.82) is 0 Å². The van der Waals surface area contributed by atoms with Crippen LogP contribution in [0.4, 0.5) is 0 Å². The zero-order valence-electron chi connectivity index (χ0n) is 14.1. The number of carbonyl (C=O) groups is 1. The molecule has 1 aliphatic heterocycles. The molecule has 0 radical (unpaired) electrons. The van der Waals surface area contributed by atoms with Gasteiger partial charge in [-0.2, -0.15) is 4.98 Å². The average Bonchev–Trinajstić information content (AvgIpc) is 3.23. The van der Waals surface area contributed by atoms with Crippen molar-refractivity contribution in [3.05, 3.63) is 46.6 Å². The fourth-order valence-electron chi connectivity index (χ4n) is 3.91. The number of likely N-dealkylation sites (tertiary alicyclic amines) is 1. The first-order chi connectivity index (χ1) is 11.7. The largest absolute Gasteiger partial charge is 0.342 e. The Balaban J connectivity index is 1.42. The zero-order valence-corrected chi connectivity index (χ0v) is 14.1. The summed E-state index contributed by atoms with van der Waals surface area (Å²) in [6.07, 6.45) is 6.06. The molecule has 0 N–H and O–H groups in total. The van der Waals surface area contributed by atoms with E-state index >= 15 is 0 Å². The Morgan fingerprint density at radius 2 is 2.17 bits per heavy atom. The fraction of sp³-hybridized carbons (Fsp3) is 0.526. The summed E-state index contributed by atoms with van der Waals surface area (Å²) >= 11 is 0. The second kappa shape index (κ2) is 6.38. The van der Waals surface area contributed by atoms with Gasteiger partial charge in [0.1, 0.15) is 0 Å². The van der Waals surface area contributed by atoms with E-state index in [1.165, 1.54) is 24.0 Å². The molecule has 24 heavy (non-hydrogen) atoms. The molecule has 0 spiro atoms. The Hall–Kier alpha value is -2.17. The van der Waals surface area contributed by atoms with Crippen LogP contribution in [-0.2, 0) is 24.1 Å². The molecule has 0 bridgehead atoms. The van der Waals surface area contributed by atoms with E-state index in [4.69, 9.17) is 4.52 Å². The maximum absolute atomic E-state index is 12.7. The van der Waals surface area contributed by atoms with Crippen LogP contribution in [-0.4, -0.2) is 34.0 Å². The summed E-state index contributed by atoms with van der Waals surface area (Å²) in [5.74, 6) is 1.70. The molecule has 0 saturated carbocycles. The van der Waals surface area contributed by atoms with Crippen molar-refractivity contribution in [2.75, 3.05) is 13.1 Å². The van der Waals surface area contributed by atoms with Crippen molar-refractivity contribution < 1.29 is 9.32 Å². The molecule has 1 amide bonds. The van der Waals surface area contributed by atoms with Gasteiger partial charge in [0.05, 0.1) is 12.3 Å². The minimum absolute atomic E-state index is 0.170. The monoisotopic (exact) mass is 325 g/mol. The van der Waals surface area contributed by atoms with Gasteiger partial charge >= 0.3 is 0 Å². The first-order valence-corrected chi connectivity index (χ1v) is 8.88. The van der Waals surface area contributed by atoms with Gasteiger partial charge in [-0.25, -0.2) is 0 Å². The third-order valence-electron chi connectivity index (χ3n) is 5.18. The van der Waals surface area contributed by atoms with Crippen molar-refractivity contribution in [3.8, 4) is 0 Å². The van der Waals surface area contributed by atoms with Gasteiger partial charge in [0.25, 0.3) is 0 Å². The summed E-state index contributed by atoms with van der Waals surface area (Å²) in [6, 6.07) is 6.54. The van der Waals surface area contributed by atoms with Crippen LogP contribution < -0.4 is 0 Å². The number of aromatic nitrogens is 2. The highest BCUT2D eigenvalue weighted by molar-refractivity contribution is 5.79. The second-order valence-corrected chi connectivity index (χ2v) is 6.99. The Morgan fingerprint density at radius 1 is 1.29 bits per heavy atom. The van der Waals surface area contributed by atoms with Gasteiger partial charge in [-0.15, -0.1) is 0 Å². The Morgan fingerprint density at radius 3 is 3.00 bits per heavy atom. The molecule has 5 heteroatoms. The topological polar surface area (TPSA) is 59.2 Å². The normalized spacial score (nSPS) is 20.2. The van der Waals surface area contributed by atoms with Gasteiger partial charge in [-0.05, 0) is 55.7 Å². The lowest BCUT2D eigenvalue weighted by Crippen LogP contribution is -2.40. The molecule has 0 unspecified atom stereocenters. The quantitative estimate of drug-likeness (QED) is 0.871. The Labute approximate surface area is 142 Å². The van der Waals surface area contributed by atoms with Gasteiger partial charge in [0.2, 0.25) is 11.8 Å². The van der Waals surface area contributed by atoms with Crippen LogP contribution in [0.2, 0.25) is 0 Å². The molecule has 1 aromatic heterocycles. The van der Waals surface area contributed by atoms with Crippen molar-refractivity contribution in [2.45, 2.75) is 51.4 Å². The van der Waals surface area contributed by atoms with Gasteiger partial charge in [-0.3, -0.25) is 4.79 Å². The van der Waals surface area contributed by atoms with E-state index in [2.05, 4.69) is 28.3 Å². The molecule has 5 nitrogen and oxygen atoms in total. The van der Waals surface area contributed by atoms with Gasteiger partial charge in [0, 0.05) is 13.1 Å². The summed E-state index contributed by atoms with van der Waals surface area (Å²) < 4.78 is 5.30. The molecule has 4 rings (SSSR count). The highest BCUT2D eigenvalue weighted by Crippen LogP contribution is 2.27. The summed E-state index contributed by atoms with van der Waals surface area (Å²) in [4.78, 5) is 19.0. The molecule has 1 atom stereocenters. The standard InChI is InChI=1S/C19H23N3O2/c1-13-20-19(24-21-13)17-6-3-9-22(12-17)18(23)11-14-7-8-15-4-2-5-16(15)10-14/h7-8,10,17H,2-6,9,11-12H2,1H3/t17-/m0/s1. The smallest absolute Gasteiger partial charge is 0.231 e. The van der Waals surface area contributed by atoms with Crippen LogP contribution in [0, 0.1) is 6.92 Å². The second-order valence-electron chi connectivity index (χ2n) is 6.99. The van der Waals surface area contributed by atoms with E-state index < -0.39 is 0 Å². The third-order valence-corrected chi connectivity index (χ3v) is 5.18. The maximum Gasteiger partial charge on any atom is 0.231 e. The number of benzene rings is 1. The molecule has 126 valence electrons. The van der Waals surface area contributed by atoms with E-state index in [0.29, 0.717) is 24.7 Å². The van der Waals surface area contributed by atoms with Crippen molar-refractivity contribution in [3.63, 3.8) is 0 Å². The fourth-order valence-corrected chi connectivity index (χ4v) is 3.91. The Bertz CT molecular complexity index is 753. The molecule has 1 fully saturated rings. The minimum Gasteiger partial charge on any atom is -0.342 e. The zero-order chi connectivity index (χ0) is 16.5. The highest BCUT2D eigenvalue weighted by atomic mass is 16.5. The molecule has 1 aliphatic carbocycles. The van der Waals surface area contributed by atoms with Crippen LogP contribution >= 0.6 is 0 Å². The lowest BCUT2D eigenvalue weighted by Gasteiger charge is -2.31. The number of hydrogen-bond donors (Lipinski definition) is 0. The van der Waals surface area contributed by atoms with Gasteiger partial charge < -0.3 is 9.42 Å². The first kappa shape index (κ1) is 15.4. The summed E-state index contributed by atoms with van der Waals surface area (Å²) in [6.45, 7) is 3.34. The molecular weight excluding hydrogens is 302 g/mol. The minimum atomic E-state index is 0.170. The maximum atomic E-state index is 12.7. The number of nitrogens with zero attached hydrogens (tertiary/aromatic N) is 3. The lowest BCUT2D eigenvalue weighted by molar-refractivity contribution is -0.131. The number of fused-ring (bicyclic) bond motifs is 1. The predicted molar refractivity (Wildman–Crippen MR) is 89.8 cm³/mol. The SMILES string of the molecule is Cc1noc([C@H]2CCCN(C(=O)Cc3ccc4c(c3)CCC4)C2)n1. The number of piperidine rings is 1. The lowest BCUT2D eigenvalue weighted by atomic mass is 9.97. The number of aryl methyl sites for hydroxylation is 3. The van der Waals surface area contributed by atoms with E-state index in [-0.39, 0.29) is 11.8 Å². The van der Waals surface area contributed by atoms with Crippen LogP contribution in [0.1, 0.15) is 53.6 Å². The third kappa shape index (κ3) is 3.07. The number of carbonyl (C=O) groups excluding carboxylic acids is 1. The van der Waals surface area contributed by atoms with Crippen LogP contribution in [0.3, 0.4) is 0 Å². The summed E-state index contributed by atoms with van der Waals surface area (Å²) in [7, 11) is 0. The average molecular weight is 325 g/mol. The molecule has 2 heterocycles. The first-order valence-electron chi connectivity index (χ1n) is 8.88. The summed E-state index contributed by atoms with van der Waals surface area (Å²) in [5, 5.41) is 3.87. The molecular formula is C19H23N3O2. The number of amides is 1. The molecule has 2 aliphatic rings. The van der Waals surface area contributed by atoms with Crippen molar-refractivity contribution in [1.82, 2.24) is 15.0 Å². The van der Waals surface area contributed by atoms with E-state index in [9.17, 15) is 4.79 Å². The van der Waals surface area contributed by atoms with Crippen LogP contribution in [0.25, 0.3) is 0 Å².